The molecule has 5 nitrogen and oxygen atoms in total. The standard InChI is InChI=1S/C18H14Cl2N2O3/c1-24-17-10-12(2-6-16(17)25-9-8-21)3-7-18(23)22-13-4-5-14(19)15(20)11-13/h2-7,10-11H,9H2,1H3,(H,22,23)/b7-3+. The number of nitriles is 1. The third-order valence-electron chi connectivity index (χ3n) is 3.09. The molecule has 0 radical (unpaired) electrons. The quantitative estimate of drug-likeness (QED) is 0.750. The van der Waals surface area contributed by atoms with Crippen LogP contribution in [0.5, 0.6) is 11.5 Å². The fraction of sp³-hybridized carbons (Fsp3) is 0.111. The summed E-state index contributed by atoms with van der Waals surface area (Å²) in [7, 11) is 1.50. The number of carbonyl (C=O) groups excluding carboxylic acids is 1. The zero-order valence-corrected chi connectivity index (χ0v) is 14.8. The van der Waals surface area contributed by atoms with Crippen LogP contribution in [0.25, 0.3) is 6.08 Å². The Morgan fingerprint density at radius 3 is 2.68 bits per heavy atom. The summed E-state index contributed by atoms with van der Waals surface area (Å²) < 4.78 is 10.5. The average Bonchev–Trinajstić information content (AvgIpc) is 2.61. The first kappa shape index (κ1) is 18.7. The molecular weight excluding hydrogens is 363 g/mol. The molecule has 128 valence electrons. The summed E-state index contributed by atoms with van der Waals surface area (Å²) in [6.07, 6.45) is 3.01. The summed E-state index contributed by atoms with van der Waals surface area (Å²) in [5.41, 5.74) is 1.28. The van der Waals surface area contributed by atoms with E-state index >= 15 is 0 Å². The Kier molecular flexibility index (Phi) is 6.70. The number of hydrogen-bond acceptors (Lipinski definition) is 4. The number of rotatable bonds is 6. The number of carbonyl (C=O) groups is 1. The largest absolute Gasteiger partial charge is 0.493 e. The summed E-state index contributed by atoms with van der Waals surface area (Å²) in [5.74, 6) is 0.617. The maximum Gasteiger partial charge on any atom is 0.248 e. The van der Waals surface area contributed by atoms with E-state index in [1.807, 2.05) is 6.07 Å². The molecule has 0 aliphatic rings. The molecule has 2 aromatic rings. The Morgan fingerprint density at radius 1 is 1.20 bits per heavy atom. The number of anilines is 1. The molecule has 0 bridgehead atoms. The molecule has 25 heavy (non-hydrogen) atoms. The van der Waals surface area contributed by atoms with Crippen molar-refractivity contribution in [2.75, 3.05) is 19.0 Å². The van der Waals surface area contributed by atoms with Gasteiger partial charge in [0.25, 0.3) is 0 Å². The number of amides is 1. The maximum absolute atomic E-state index is 12.0. The highest BCUT2D eigenvalue weighted by molar-refractivity contribution is 6.42. The SMILES string of the molecule is COc1cc(/C=C/C(=O)Nc2ccc(Cl)c(Cl)c2)ccc1OCC#N. The maximum atomic E-state index is 12.0. The van der Waals surface area contributed by atoms with Crippen molar-refractivity contribution >= 4 is 40.9 Å². The molecule has 1 amide bonds. The summed E-state index contributed by atoms with van der Waals surface area (Å²) in [4.78, 5) is 12.0. The monoisotopic (exact) mass is 376 g/mol. The van der Waals surface area contributed by atoms with Gasteiger partial charge in [-0.15, -0.1) is 0 Å². The molecule has 0 saturated heterocycles. The van der Waals surface area contributed by atoms with Gasteiger partial charge >= 0.3 is 0 Å². The Labute approximate surface area is 155 Å². The van der Waals surface area contributed by atoms with Crippen molar-refractivity contribution in [2.45, 2.75) is 0 Å². The molecule has 7 heteroatoms. The summed E-state index contributed by atoms with van der Waals surface area (Å²) in [6.45, 7) is -0.0718. The molecule has 0 aliphatic heterocycles. The number of nitrogens with zero attached hydrogens (tertiary/aromatic N) is 1. The lowest BCUT2D eigenvalue weighted by Crippen LogP contribution is -2.07. The van der Waals surface area contributed by atoms with Crippen molar-refractivity contribution in [3.63, 3.8) is 0 Å². The Morgan fingerprint density at radius 2 is 2.00 bits per heavy atom. The predicted molar refractivity (Wildman–Crippen MR) is 98.2 cm³/mol. The van der Waals surface area contributed by atoms with Crippen LogP contribution in [0.4, 0.5) is 5.69 Å². The molecule has 0 aliphatic carbocycles. The fourth-order valence-electron chi connectivity index (χ4n) is 1.95. The fourth-order valence-corrected chi connectivity index (χ4v) is 2.24. The first-order valence-corrected chi connectivity index (χ1v) is 7.91. The number of ether oxygens (including phenoxy) is 2. The van der Waals surface area contributed by atoms with Crippen molar-refractivity contribution in [1.82, 2.24) is 0 Å². The van der Waals surface area contributed by atoms with Crippen molar-refractivity contribution < 1.29 is 14.3 Å². The minimum atomic E-state index is -0.317. The van der Waals surface area contributed by atoms with E-state index in [4.69, 9.17) is 37.9 Å². The molecule has 0 heterocycles. The molecule has 0 unspecified atom stereocenters. The molecule has 0 spiro atoms. The molecule has 0 fully saturated rings. The Balaban J connectivity index is 2.06. The number of hydrogen-bond donors (Lipinski definition) is 1. The van der Waals surface area contributed by atoms with Crippen LogP contribution in [0.1, 0.15) is 5.56 Å². The number of benzene rings is 2. The second kappa shape index (κ2) is 8.97. The van der Waals surface area contributed by atoms with Crippen LogP contribution in [0.3, 0.4) is 0 Å². The van der Waals surface area contributed by atoms with Crippen LogP contribution in [-0.2, 0) is 4.79 Å². The van der Waals surface area contributed by atoms with Gasteiger partial charge in [-0.05, 0) is 42.0 Å². The summed E-state index contributed by atoms with van der Waals surface area (Å²) >= 11 is 11.7. The smallest absolute Gasteiger partial charge is 0.248 e. The van der Waals surface area contributed by atoms with Crippen LogP contribution in [0.15, 0.2) is 42.5 Å². The van der Waals surface area contributed by atoms with Gasteiger partial charge in [-0.25, -0.2) is 0 Å². The summed E-state index contributed by atoms with van der Waals surface area (Å²) in [5, 5.41) is 12.0. The molecule has 0 saturated carbocycles. The van der Waals surface area contributed by atoms with E-state index < -0.39 is 0 Å². The number of methoxy groups -OCH3 is 1. The van der Waals surface area contributed by atoms with Gasteiger partial charge < -0.3 is 14.8 Å². The highest BCUT2D eigenvalue weighted by atomic mass is 35.5. The van der Waals surface area contributed by atoms with E-state index in [1.54, 1.807) is 42.5 Å². The lowest BCUT2D eigenvalue weighted by molar-refractivity contribution is -0.111. The van der Waals surface area contributed by atoms with Crippen LogP contribution in [-0.4, -0.2) is 19.6 Å². The molecule has 2 aromatic carbocycles. The van der Waals surface area contributed by atoms with Crippen molar-refractivity contribution in [3.8, 4) is 17.6 Å². The van der Waals surface area contributed by atoms with Gasteiger partial charge in [0, 0.05) is 11.8 Å². The zero-order chi connectivity index (χ0) is 18.2. The predicted octanol–water partition coefficient (Wildman–Crippen LogP) is 4.56. The molecule has 0 atom stereocenters. The molecule has 1 N–H and O–H groups in total. The Hall–Kier alpha value is -2.68. The van der Waals surface area contributed by atoms with Gasteiger partial charge in [-0.1, -0.05) is 29.3 Å². The third-order valence-corrected chi connectivity index (χ3v) is 3.83. The van der Waals surface area contributed by atoms with Gasteiger partial charge in [0.1, 0.15) is 6.07 Å². The van der Waals surface area contributed by atoms with Crippen LogP contribution in [0, 0.1) is 11.3 Å². The highest BCUT2D eigenvalue weighted by Crippen LogP contribution is 2.28. The normalized spacial score (nSPS) is 10.3. The molecule has 0 aromatic heterocycles. The molecule has 2 rings (SSSR count). The second-order valence-electron chi connectivity index (χ2n) is 4.81. The summed E-state index contributed by atoms with van der Waals surface area (Å²) in [6, 6.07) is 11.8. The van der Waals surface area contributed by atoms with E-state index in [0.29, 0.717) is 27.2 Å². The Bertz CT molecular complexity index is 845. The van der Waals surface area contributed by atoms with Crippen LogP contribution < -0.4 is 14.8 Å². The lowest BCUT2D eigenvalue weighted by atomic mass is 10.2. The van der Waals surface area contributed by atoms with E-state index in [2.05, 4.69) is 5.32 Å². The van der Waals surface area contributed by atoms with Gasteiger partial charge in [0.2, 0.25) is 5.91 Å². The van der Waals surface area contributed by atoms with Crippen LogP contribution >= 0.6 is 23.2 Å². The van der Waals surface area contributed by atoms with Gasteiger partial charge in [0.05, 0.1) is 17.2 Å². The van der Waals surface area contributed by atoms with Crippen molar-refractivity contribution in [2.24, 2.45) is 0 Å². The average molecular weight is 377 g/mol. The molecular formula is C18H14Cl2N2O3. The van der Waals surface area contributed by atoms with Crippen LogP contribution in [0.2, 0.25) is 10.0 Å². The first-order valence-electron chi connectivity index (χ1n) is 7.15. The minimum Gasteiger partial charge on any atom is -0.493 e. The van der Waals surface area contributed by atoms with E-state index in [9.17, 15) is 4.79 Å². The topological polar surface area (TPSA) is 71.3 Å². The minimum absolute atomic E-state index is 0.0718. The van der Waals surface area contributed by atoms with Gasteiger partial charge in [-0.2, -0.15) is 5.26 Å². The highest BCUT2D eigenvalue weighted by Gasteiger charge is 2.05. The zero-order valence-electron chi connectivity index (χ0n) is 13.3. The van der Waals surface area contributed by atoms with Gasteiger partial charge in [-0.3, -0.25) is 4.79 Å². The van der Waals surface area contributed by atoms with E-state index in [0.717, 1.165) is 5.56 Å². The van der Waals surface area contributed by atoms with E-state index in [1.165, 1.54) is 13.2 Å². The third kappa shape index (κ3) is 5.42. The van der Waals surface area contributed by atoms with E-state index in [-0.39, 0.29) is 12.5 Å². The number of halogens is 2. The lowest BCUT2D eigenvalue weighted by Gasteiger charge is -2.08. The second-order valence-corrected chi connectivity index (χ2v) is 5.62. The first-order chi connectivity index (χ1) is 12.0. The van der Waals surface area contributed by atoms with Gasteiger partial charge in [0.15, 0.2) is 18.1 Å². The number of nitrogens with one attached hydrogen (secondary N) is 1. The van der Waals surface area contributed by atoms with Crippen molar-refractivity contribution in [3.05, 3.63) is 58.1 Å². The van der Waals surface area contributed by atoms with Crippen molar-refractivity contribution in [1.29, 1.82) is 5.26 Å².